The molecule has 0 bridgehead atoms. The molecule has 2 heterocycles. The van der Waals surface area contributed by atoms with Gasteiger partial charge in [-0.15, -0.1) is 0 Å². The van der Waals surface area contributed by atoms with Crippen LogP contribution < -0.4 is 0 Å². The molecule has 146 valence electrons. The van der Waals surface area contributed by atoms with Crippen molar-refractivity contribution in [1.29, 1.82) is 0 Å². The molecule has 1 unspecified atom stereocenters. The minimum absolute atomic E-state index is 0.0412. The molecule has 1 saturated heterocycles. The Labute approximate surface area is 164 Å². The molecule has 0 spiro atoms. The monoisotopic (exact) mass is 398 g/mol. The molecule has 1 atom stereocenters. The highest BCUT2D eigenvalue weighted by atomic mass is 32.2. The highest BCUT2D eigenvalue weighted by molar-refractivity contribution is 7.89. The first kappa shape index (κ1) is 18.9. The SMILES string of the molecule is COCC1CCCN1S(=O)(=O)c1nc(-c2ccccc2)oc1-c1ccccc1. The maximum Gasteiger partial charge on any atom is 0.264 e. The van der Waals surface area contributed by atoms with E-state index in [9.17, 15) is 8.42 Å². The highest BCUT2D eigenvalue weighted by Crippen LogP contribution is 2.36. The average Bonchev–Trinajstić information content (AvgIpc) is 3.38. The number of rotatable bonds is 6. The van der Waals surface area contributed by atoms with Crippen molar-refractivity contribution < 1.29 is 17.6 Å². The number of benzene rings is 2. The van der Waals surface area contributed by atoms with Crippen molar-refractivity contribution in [2.75, 3.05) is 20.3 Å². The summed E-state index contributed by atoms with van der Waals surface area (Å²) in [5.74, 6) is 0.558. The minimum atomic E-state index is -3.83. The molecule has 0 saturated carbocycles. The summed E-state index contributed by atoms with van der Waals surface area (Å²) in [5, 5.41) is -0.0412. The van der Waals surface area contributed by atoms with Gasteiger partial charge in [0, 0.05) is 30.8 Å². The Kier molecular flexibility index (Phi) is 5.30. The predicted molar refractivity (Wildman–Crippen MR) is 106 cm³/mol. The van der Waals surface area contributed by atoms with Gasteiger partial charge in [-0.1, -0.05) is 48.5 Å². The standard InChI is InChI=1S/C21H22N2O4S/c1-26-15-18-13-8-14-23(18)28(24,25)21-19(16-9-4-2-5-10-16)27-20(22-21)17-11-6-3-7-12-17/h2-7,9-12,18H,8,13-15H2,1H3. The quantitative estimate of drug-likeness (QED) is 0.631. The van der Waals surface area contributed by atoms with E-state index in [1.807, 2.05) is 60.7 Å². The molecule has 1 aliphatic heterocycles. The van der Waals surface area contributed by atoms with Gasteiger partial charge in [-0.3, -0.25) is 0 Å². The van der Waals surface area contributed by atoms with Crippen LogP contribution in [-0.2, 0) is 14.8 Å². The smallest absolute Gasteiger partial charge is 0.264 e. The van der Waals surface area contributed by atoms with Gasteiger partial charge in [-0.25, -0.2) is 8.42 Å². The van der Waals surface area contributed by atoms with E-state index >= 15 is 0 Å². The van der Waals surface area contributed by atoms with Crippen LogP contribution in [0.2, 0.25) is 0 Å². The summed E-state index contributed by atoms with van der Waals surface area (Å²) in [6.07, 6.45) is 1.58. The molecule has 0 N–H and O–H groups in total. The van der Waals surface area contributed by atoms with Crippen LogP contribution in [0.1, 0.15) is 12.8 Å². The number of aromatic nitrogens is 1. The van der Waals surface area contributed by atoms with E-state index in [1.165, 1.54) is 4.31 Å². The lowest BCUT2D eigenvalue weighted by Gasteiger charge is -2.22. The summed E-state index contributed by atoms with van der Waals surface area (Å²) < 4.78 is 39.7. The molecule has 4 rings (SSSR count). The molecule has 28 heavy (non-hydrogen) atoms. The molecule has 1 aliphatic rings. The topological polar surface area (TPSA) is 72.6 Å². The molecule has 2 aromatic carbocycles. The van der Waals surface area contributed by atoms with Crippen molar-refractivity contribution >= 4 is 10.0 Å². The molecule has 0 amide bonds. The van der Waals surface area contributed by atoms with Gasteiger partial charge in [0.1, 0.15) is 0 Å². The second-order valence-corrected chi connectivity index (χ2v) is 8.56. The van der Waals surface area contributed by atoms with Gasteiger partial charge in [0.25, 0.3) is 10.0 Å². The number of ether oxygens (including phenoxy) is 1. The zero-order valence-electron chi connectivity index (χ0n) is 15.6. The molecule has 0 aliphatic carbocycles. The van der Waals surface area contributed by atoms with Crippen molar-refractivity contribution in [3.8, 4) is 22.8 Å². The minimum Gasteiger partial charge on any atom is -0.435 e. The van der Waals surface area contributed by atoms with Crippen LogP contribution in [0.3, 0.4) is 0 Å². The van der Waals surface area contributed by atoms with Crippen molar-refractivity contribution in [1.82, 2.24) is 9.29 Å². The zero-order chi connectivity index (χ0) is 19.6. The lowest BCUT2D eigenvalue weighted by molar-refractivity contribution is 0.149. The maximum atomic E-state index is 13.5. The van der Waals surface area contributed by atoms with Crippen LogP contribution in [0.5, 0.6) is 0 Å². The Hall–Kier alpha value is -2.48. The fourth-order valence-corrected chi connectivity index (χ4v) is 5.30. The molecular weight excluding hydrogens is 376 g/mol. The Bertz CT molecular complexity index is 1030. The van der Waals surface area contributed by atoms with E-state index in [0.717, 1.165) is 18.4 Å². The third kappa shape index (κ3) is 3.48. The fourth-order valence-electron chi connectivity index (χ4n) is 3.55. The molecule has 1 fully saturated rings. The number of hydrogen-bond acceptors (Lipinski definition) is 5. The predicted octanol–water partition coefficient (Wildman–Crippen LogP) is 3.81. The lowest BCUT2D eigenvalue weighted by Crippen LogP contribution is -2.38. The first-order valence-corrected chi connectivity index (χ1v) is 10.7. The summed E-state index contributed by atoms with van der Waals surface area (Å²) in [4.78, 5) is 4.43. The van der Waals surface area contributed by atoms with Crippen LogP contribution in [0.25, 0.3) is 22.8 Å². The van der Waals surface area contributed by atoms with Gasteiger partial charge in [-0.05, 0) is 25.0 Å². The Balaban J connectivity index is 1.84. The number of oxazole rings is 1. The van der Waals surface area contributed by atoms with Gasteiger partial charge in [0.15, 0.2) is 5.76 Å². The Morgan fingerprint density at radius 1 is 1.07 bits per heavy atom. The number of hydrogen-bond donors (Lipinski definition) is 0. The first-order chi connectivity index (χ1) is 13.6. The summed E-state index contributed by atoms with van der Waals surface area (Å²) in [6.45, 7) is 0.821. The van der Waals surface area contributed by atoms with E-state index in [1.54, 1.807) is 7.11 Å². The third-order valence-electron chi connectivity index (χ3n) is 4.89. The second-order valence-electron chi connectivity index (χ2n) is 6.75. The van der Waals surface area contributed by atoms with Crippen molar-refractivity contribution in [3.05, 3.63) is 60.7 Å². The normalized spacial score (nSPS) is 17.8. The second kappa shape index (κ2) is 7.87. The number of sulfonamides is 1. The summed E-state index contributed by atoms with van der Waals surface area (Å²) in [7, 11) is -2.24. The maximum absolute atomic E-state index is 13.5. The molecule has 7 heteroatoms. The van der Waals surface area contributed by atoms with Crippen LogP contribution in [0.4, 0.5) is 0 Å². The zero-order valence-corrected chi connectivity index (χ0v) is 16.4. The molecule has 6 nitrogen and oxygen atoms in total. The average molecular weight is 398 g/mol. The largest absolute Gasteiger partial charge is 0.435 e. The van der Waals surface area contributed by atoms with Crippen molar-refractivity contribution in [3.63, 3.8) is 0 Å². The molecule has 1 aromatic heterocycles. The first-order valence-electron chi connectivity index (χ1n) is 9.23. The van der Waals surface area contributed by atoms with E-state index in [-0.39, 0.29) is 16.8 Å². The highest BCUT2D eigenvalue weighted by Gasteiger charge is 2.39. The lowest BCUT2D eigenvalue weighted by atomic mass is 10.2. The van der Waals surface area contributed by atoms with Crippen LogP contribution in [0, 0.1) is 0 Å². The Morgan fingerprint density at radius 3 is 2.36 bits per heavy atom. The van der Waals surface area contributed by atoms with E-state index in [2.05, 4.69) is 4.98 Å². The van der Waals surface area contributed by atoms with Crippen molar-refractivity contribution in [2.45, 2.75) is 23.9 Å². The van der Waals surface area contributed by atoms with E-state index < -0.39 is 10.0 Å². The summed E-state index contributed by atoms with van der Waals surface area (Å²) in [5.41, 5.74) is 1.41. The van der Waals surface area contributed by atoms with E-state index in [4.69, 9.17) is 9.15 Å². The van der Waals surface area contributed by atoms with Gasteiger partial charge >= 0.3 is 0 Å². The van der Waals surface area contributed by atoms with Gasteiger partial charge in [0.2, 0.25) is 10.9 Å². The van der Waals surface area contributed by atoms with Crippen LogP contribution in [0.15, 0.2) is 70.1 Å². The van der Waals surface area contributed by atoms with Gasteiger partial charge < -0.3 is 9.15 Å². The van der Waals surface area contributed by atoms with Gasteiger partial charge in [-0.2, -0.15) is 9.29 Å². The van der Waals surface area contributed by atoms with Crippen LogP contribution >= 0.6 is 0 Å². The molecule has 0 radical (unpaired) electrons. The summed E-state index contributed by atoms with van der Waals surface area (Å²) in [6, 6.07) is 18.4. The number of nitrogens with zero attached hydrogens (tertiary/aromatic N) is 2. The van der Waals surface area contributed by atoms with Crippen LogP contribution in [-0.4, -0.2) is 44.0 Å². The third-order valence-corrected chi connectivity index (χ3v) is 6.75. The van der Waals surface area contributed by atoms with Crippen molar-refractivity contribution in [2.24, 2.45) is 0 Å². The Morgan fingerprint density at radius 2 is 1.71 bits per heavy atom. The number of methoxy groups -OCH3 is 1. The van der Waals surface area contributed by atoms with E-state index in [0.29, 0.717) is 24.6 Å². The molecule has 3 aromatic rings. The summed E-state index contributed by atoms with van der Waals surface area (Å²) >= 11 is 0. The molecular formula is C21H22N2O4S. The fraction of sp³-hybridized carbons (Fsp3) is 0.286. The van der Waals surface area contributed by atoms with Gasteiger partial charge in [0.05, 0.1) is 6.61 Å².